The fourth-order valence-corrected chi connectivity index (χ4v) is 2.75. The van der Waals surface area contributed by atoms with E-state index in [0.717, 1.165) is 22.0 Å². The summed E-state index contributed by atoms with van der Waals surface area (Å²) in [5.74, 6) is 2.32. The zero-order valence-corrected chi connectivity index (χ0v) is 11.6. The zero-order chi connectivity index (χ0) is 13.9. The molecule has 20 heavy (non-hydrogen) atoms. The first-order valence-corrected chi connectivity index (χ1v) is 6.95. The Balaban J connectivity index is 1.95. The minimum Gasteiger partial charge on any atom is -0.464 e. The van der Waals surface area contributed by atoms with Crippen LogP contribution in [0.25, 0.3) is 23.0 Å². The topological polar surface area (TPSA) is 50.1 Å². The highest BCUT2D eigenvalue weighted by molar-refractivity contribution is 7.11. The third-order valence-corrected chi connectivity index (χ3v) is 3.80. The lowest BCUT2D eigenvalue weighted by Gasteiger charge is -1.92. The molecule has 3 aromatic heterocycles. The molecule has 0 N–H and O–H groups in total. The molecule has 0 aromatic carbocycles. The van der Waals surface area contributed by atoms with E-state index in [9.17, 15) is 5.26 Å². The van der Waals surface area contributed by atoms with Crippen molar-refractivity contribution < 1.29 is 8.83 Å². The highest BCUT2D eigenvalue weighted by atomic mass is 32.1. The van der Waals surface area contributed by atoms with Crippen LogP contribution in [0.2, 0.25) is 0 Å². The van der Waals surface area contributed by atoms with Crippen molar-refractivity contribution in [2.24, 2.45) is 0 Å². The minimum absolute atomic E-state index is 0.585. The number of aryl methyl sites for hydroxylation is 1. The molecule has 4 heteroatoms. The summed E-state index contributed by atoms with van der Waals surface area (Å²) in [7, 11) is 0. The number of furan rings is 2. The summed E-state index contributed by atoms with van der Waals surface area (Å²) in [5, 5.41) is 11.3. The molecule has 3 heterocycles. The van der Waals surface area contributed by atoms with Gasteiger partial charge in [0.1, 0.15) is 23.3 Å². The number of thiophene rings is 1. The molecule has 0 unspecified atom stereocenters. The van der Waals surface area contributed by atoms with Crippen molar-refractivity contribution in [1.29, 1.82) is 5.26 Å². The van der Waals surface area contributed by atoms with Crippen molar-refractivity contribution in [3.05, 3.63) is 58.4 Å². The average Bonchev–Trinajstić information content (AvgIpc) is 3.17. The summed E-state index contributed by atoms with van der Waals surface area (Å²) < 4.78 is 10.8. The second-order valence-electron chi connectivity index (χ2n) is 4.30. The Morgan fingerprint density at radius 3 is 2.90 bits per heavy atom. The van der Waals surface area contributed by atoms with Crippen LogP contribution in [-0.2, 0) is 0 Å². The first kappa shape index (κ1) is 12.5. The highest BCUT2D eigenvalue weighted by Gasteiger charge is 2.09. The van der Waals surface area contributed by atoms with Gasteiger partial charge < -0.3 is 8.83 Å². The molecule has 3 rings (SSSR count). The molecule has 0 fully saturated rings. The molecule has 0 aliphatic heterocycles. The molecule has 0 spiro atoms. The molecule has 0 aliphatic carbocycles. The molecule has 98 valence electrons. The molecule has 0 saturated heterocycles. The number of nitrogens with zero attached hydrogens (tertiary/aromatic N) is 1. The van der Waals surface area contributed by atoms with E-state index in [1.807, 2.05) is 42.6 Å². The summed E-state index contributed by atoms with van der Waals surface area (Å²) >= 11 is 1.51. The Morgan fingerprint density at radius 1 is 1.35 bits per heavy atom. The molecular weight excluding hydrogens is 270 g/mol. The van der Waals surface area contributed by atoms with Crippen LogP contribution in [0.4, 0.5) is 0 Å². The van der Waals surface area contributed by atoms with Gasteiger partial charge in [0.25, 0.3) is 0 Å². The molecule has 0 aliphatic rings. The smallest absolute Gasteiger partial charge is 0.134 e. The molecule has 0 amide bonds. The summed E-state index contributed by atoms with van der Waals surface area (Å²) in [5.41, 5.74) is 1.56. The van der Waals surface area contributed by atoms with Gasteiger partial charge in [-0.15, -0.1) is 11.3 Å². The van der Waals surface area contributed by atoms with Crippen molar-refractivity contribution in [2.75, 3.05) is 0 Å². The molecule has 3 aromatic rings. The molecule has 0 radical (unpaired) electrons. The van der Waals surface area contributed by atoms with E-state index in [1.54, 1.807) is 12.3 Å². The lowest BCUT2D eigenvalue weighted by atomic mass is 10.1. The predicted octanol–water partition coefficient (Wildman–Crippen LogP) is 4.97. The maximum absolute atomic E-state index is 9.31. The van der Waals surface area contributed by atoms with Crippen LogP contribution < -0.4 is 0 Å². The Bertz CT molecular complexity index is 785. The molecule has 0 saturated carbocycles. The van der Waals surface area contributed by atoms with Crippen molar-refractivity contribution in [1.82, 2.24) is 0 Å². The first-order valence-electron chi connectivity index (χ1n) is 6.07. The number of hydrogen-bond donors (Lipinski definition) is 0. The summed E-state index contributed by atoms with van der Waals surface area (Å²) in [6.45, 7) is 1.88. The number of allylic oxidation sites excluding steroid dienone is 1. The van der Waals surface area contributed by atoms with Crippen molar-refractivity contribution >= 4 is 23.0 Å². The number of hydrogen-bond acceptors (Lipinski definition) is 4. The Morgan fingerprint density at radius 2 is 2.25 bits per heavy atom. The first-order chi connectivity index (χ1) is 9.76. The number of rotatable bonds is 3. The van der Waals surface area contributed by atoms with Crippen LogP contribution in [0.15, 0.2) is 50.8 Å². The van der Waals surface area contributed by atoms with E-state index in [1.165, 1.54) is 11.3 Å². The number of nitriles is 1. The third-order valence-electron chi connectivity index (χ3n) is 2.84. The van der Waals surface area contributed by atoms with Gasteiger partial charge in [-0.2, -0.15) is 5.26 Å². The van der Waals surface area contributed by atoms with Crippen molar-refractivity contribution in [3.63, 3.8) is 0 Å². The van der Waals surface area contributed by atoms with Gasteiger partial charge in [-0.1, -0.05) is 0 Å². The second-order valence-corrected chi connectivity index (χ2v) is 5.21. The largest absolute Gasteiger partial charge is 0.464 e. The van der Waals surface area contributed by atoms with Gasteiger partial charge in [0.15, 0.2) is 0 Å². The van der Waals surface area contributed by atoms with Crippen LogP contribution >= 0.6 is 11.3 Å². The quantitative estimate of drug-likeness (QED) is 0.636. The predicted molar refractivity (Wildman–Crippen MR) is 79.0 cm³/mol. The van der Waals surface area contributed by atoms with Crippen LogP contribution in [0.5, 0.6) is 0 Å². The van der Waals surface area contributed by atoms with E-state index in [2.05, 4.69) is 6.07 Å². The van der Waals surface area contributed by atoms with E-state index < -0.39 is 0 Å². The Labute approximate surface area is 120 Å². The minimum atomic E-state index is 0.585. The maximum atomic E-state index is 9.31. The standard InChI is InChI=1S/C16H11NO2S/c1-11-4-5-14(19-11)7-12(9-17)16-8-13(10-20-16)15-3-2-6-18-15/h2-8,10H,1H3. The fraction of sp³-hybridized carbons (Fsp3) is 0.0625. The SMILES string of the molecule is Cc1ccc(C=C(C#N)c2cc(-c3ccco3)cs2)o1. The van der Waals surface area contributed by atoms with Gasteiger partial charge in [-0.25, -0.2) is 0 Å². The van der Waals surface area contributed by atoms with Crippen LogP contribution in [-0.4, -0.2) is 0 Å². The van der Waals surface area contributed by atoms with Gasteiger partial charge in [0.05, 0.1) is 11.8 Å². The fourth-order valence-electron chi connectivity index (χ4n) is 1.88. The van der Waals surface area contributed by atoms with Gasteiger partial charge in [0.2, 0.25) is 0 Å². The van der Waals surface area contributed by atoms with Crippen LogP contribution in [0.1, 0.15) is 16.4 Å². The highest BCUT2D eigenvalue weighted by Crippen LogP contribution is 2.31. The van der Waals surface area contributed by atoms with E-state index >= 15 is 0 Å². The van der Waals surface area contributed by atoms with Gasteiger partial charge in [0, 0.05) is 15.8 Å². The van der Waals surface area contributed by atoms with Gasteiger partial charge in [-0.05, 0) is 43.3 Å². The summed E-state index contributed by atoms with van der Waals surface area (Å²) in [6.07, 6.45) is 3.39. The molecular formula is C16H11NO2S. The Kier molecular flexibility index (Phi) is 3.28. The molecule has 3 nitrogen and oxygen atoms in total. The summed E-state index contributed by atoms with van der Waals surface area (Å²) in [6, 6.07) is 11.6. The van der Waals surface area contributed by atoms with Gasteiger partial charge >= 0.3 is 0 Å². The lowest BCUT2D eigenvalue weighted by molar-refractivity contribution is 0.525. The third kappa shape index (κ3) is 2.44. The summed E-state index contributed by atoms with van der Waals surface area (Å²) in [4.78, 5) is 0.896. The van der Waals surface area contributed by atoms with E-state index in [-0.39, 0.29) is 0 Å². The van der Waals surface area contributed by atoms with E-state index in [0.29, 0.717) is 11.3 Å². The van der Waals surface area contributed by atoms with Gasteiger partial charge in [-0.3, -0.25) is 0 Å². The van der Waals surface area contributed by atoms with Crippen molar-refractivity contribution in [3.8, 4) is 17.4 Å². The maximum Gasteiger partial charge on any atom is 0.134 e. The molecule has 0 atom stereocenters. The van der Waals surface area contributed by atoms with Crippen LogP contribution in [0.3, 0.4) is 0 Å². The normalized spacial score (nSPS) is 11.5. The second kappa shape index (κ2) is 5.24. The van der Waals surface area contributed by atoms with E-state index in [4.69, 9.17) is 8.83 Å². The molecule has 0 bridgehead atoms. The zero-order valence-electron chi connectivity index (χ0n) is 10.8. The average molecular weight is 281 g/mol. The lowest BCUT2D eigenvalue weighted by Crippen LogP contribution is -1.75. The Hall–Kier alpha value is -2.51. The van der Waals surface area contributed by atoms with Crippen LogP contribution in [0, 0.1) is 18.3 Å². The monoisotopic (exact) mass is 281 g/mol. The van der Waals surface area contributed by atoms with Crippen molar-refractivity contribution in [2.45, 2.75) is 6.92 Å².